The molecule has 0 saturated heterocycles. The maximum atomic E-state index is 6.10. The minimum atomic E-state index is 0.206. The quantitative estimate of drug-likeness (QED) is 0.271. The number of hydrogen-bond acceptors (Lipinski definition) is 5. The van der Waals surface area contributed by atoms with Crippen LogP contribution in [-0.2, 0) is 26.2 Å². The maximum absolute atomic E-state index is 6.10. The lowest BCUT2D eigenvalue weighted by atomic mass is 10.2. The first-order valence-electron chi connectivity index (χ1n) is 10.8. The number of ether oxygens (including phenoxy) is 3. The molecule has 33 heavy (non-hydrogen) atoms. The minimum absolute atomic E-state index is 0.206. The standard InChI is InChI=1S/C28H26N2O3/c1-2-12-25-26(31-19-22-13-6-3-7-14-22)29-28(33-21-24-17-10-5-11-18-24)30-27(25)32-20-23-15-8-4-9-16-23/h2-11,13-18H,1,12,19-21H2. The normalized spacial score (nSPS) is 10.4. The van der Waals surface area contributed by atoms with Gasteiger partial charge in [0.2, 0.25) is 11.8 Å². The van der Waals surface area contributed by atoms with Crippen molar-refractivity contribution in [3.63, 3.8) is 0 Å². The Balaban J connectivity index is 1.60. The van der Waals surface area contributed by atoms with Crippen molar-refractivity contribution in [1.29, 1.82) is 0 Å². The van der Waals surface area contributed by atoms with Gasteiger partial charge in [0, 0.05) is 6.42 Å². The highest BCUT2D eigenvalue weighted by Gasteiger charge is 2.18. The van der Waals surface area contributed by atoms with E-state index in [1.165, 1.54) is 0 Å². The summed E-state index contributed by atoms with van der Waals surface area (Å²) < 4.78 is 18.1. The monoisotopic (exact) mass is 438 g/mol. The highest BCUT2D eigenvalue weighted by atomic mass is 16.5. The number of hydrogen-bond donors (Lipinski definition) is 0. The van der Waals surface area contributed by atoms with E-state index in [-0.39, 0.29) is 6.01 Å². The molecule has 0 aliphatic carbocycles. The molecule has 4 rings (SSSR count). The molecule has 5 nitrogen and oxygen atoms in total. The summed E-state index contributed by atoms with van der Waals surface area (Å²) in [5, 5.41) is 0. The van der Waals surface area contributed by atoms with Gasteiger partial charge in [-0.05, 0) is 16.7 Å². The van der Waals surface area contributed by atoms with Gasteiger partial charge in [0.1, 0.15) is 19.8 Å². The second-order valence-corrected chi connectivity index (χ2v) is 7.41. The average Bonchev–Trinajstić information content (AvgIpc) is 2.88. The van der Waals surface area contributed by atoms with Crippen LogP contribution in [0.2, 0.25) is 0 Å². The van der Waals surface area contributed by atoms with Crippen LogP contribution in [0, 0.1) is 0 Å². The van der Waals surface area contributed by atoms with Crippen molar-refractivity contribution >= 4 is 0 Å². The lowest BCUT2D eigenvalue weighted by Crippen LogP contribution is -2.09. The second kappa shape index (κ2) is 11.5. The highest BCUT2D eigenvalue weighted by Crippen LogP contribution is 2.30. The summed E-state index contributed by atoms with van der Waals surface area (Å²) in [6, 6.07) is 30.0. The predicted molar refractivity (Wildman–Crippen MR) is 128 cm³/mol. The van der Waals surface area contributed by atoms with Crippen molar-refractivity contribution in [3.8, 4) is 17.8 Å². The number of allylic oxidation sites excluding steroid dienone is 1. The summed E-state index contributed by atoms with van der Waals surface area (Å²) >= 11 is 0. The van der Waals surface area contributed by atoms with Crippen molar-refractivity contribution in [3.05, 3.63) is 126 Å². The van der Waals surface area contributed by atoms with Crippen molar-refractivity contribution in [2.45, 2.75) is 26.2 Å². The molecule has 166 valence electrons. The van der Waals surface area contributed by atoms with E-state index in [2.05, 4.69) is 16.5 Å². The van der Waals surface area contributed by atoms with Gasteiger partial charge < -0.3 is 14.2 Å². The third-order valence-corrected chi connectivity index (χ3v) is 4.91. The van der Waals surface area contributed by atoms with Crippen LogP contribution in [0.3, 0.4) is 0 Å². The van der Waals surface area contributed by atoms with Gasteiger partial charge in [-0.25, -0.2) is 0 Å². The Morgan fingerprint density at radius 3 is 1.36 bits per heavy atom. The zero-order valence-corrected chi connectivity index (χ0v) is 18.4. The molecule has 4 aromatic rings. The van der Waals surface area contributed by atoms with Gasteiger partial charge in [-0.3, -0.25) is 0 Å². The van der Waals surface area contributed by atoms with Crippen molar-refractivity contribution in [1.82, 2.24) is 9.97 Å². The fraction of sp³-hybridized carbons (Fsp3) is 0.143. The fourth-order valence-electron chi connectivity index (χ4n) is 3.22. The summed E-state index contributed by atoms with van der Waals surface area (Å²) in [4.78, 5) is 9.11. The molecule has 0 fully saturated rings. The van der Waals surface area contributed by atoms with E-state index in [0.29, 0.717) is 38.0 Å². The van der Waals surface area contributed by atoms with Crippen LogP contribution in [0.25, 0.3) is 0 Å². The van der Waals surface area contributed by atoms with Gasteiger partial charge in [0.25, 0.3) is 0 Å². The fourth-order valence-corrected chi connectivity index (χ4v) is 3.22. The van der Waals surface area contributed by atoms with E-state index in [0.717, 1.165) is 22.3 Å². The van der Waals surface area contributed by atoms with Crippen molar-refractivity contribution in [2.75, 3.05) is 0 Å². The van der Waals surface area contributed by atoms with Gasteiger partial charge in [0.05, 0.1) is 5.56 Å². The Hall–Kier alpha value is -4.12. The highest BCUT2D eigenvalue weighted by molar-refractivity contribution is 5.39. The number of benzene rings is 3. The Bertz CT molecular complexity index is 1090. The molecule has 3 aromatic carbocycles. The lowest BCUT2D eigenvalue weighted by molar-refractivity contribution is 0.236. The first-order valence-corrected chi connectivity index (χ1v) is 10.8. The Morgan fingerprint density at radius 1 is 0.576 bits per heavy atom. The topological polar surface area (TPSA) is 53.5 Å². The van der Waals surface area contributed by atoms with Crippen LogP contribution < -0.4 is 14.2 Å². The first kappa shape index (κ1) is 22.1. The predicted octanol–water partition coefficient (Wildman–Crippen LogP) is 5.94. The van der Waals surface area contributed by atoms with Gasteiger partial charge >= 0.3 is 6.01 Å². The number of rotatable bonds is 11. The zero-order chi connectivity index (χ0) is 22.7. The molecule has 0 amide bonds. The number of nitrogens with zero attached hydrogens (tertiary/aromatic N) is 2. The smallest absolute Gasteiger partial charge is 0.323 e. The Morgan fingerprint density at radius 2 is 0.970 bits per heavy atom. The average molecular weight is 439 g/mol. The molecule has 0 spiro atoms. The summed E-state index contributed by atoms with van der Waals surface area (Å²) in [6.45, 7) is 4.97. The van der Waals surface area contributed by atoms with Gasteiger partial charge in [-0.15, -0.1) is 6.58 Å². The SMILES string of the molecule is C=CCc1c(OCc2ccccc2)nc(OCc2ccccc2)nc1OCc1ccccc1. The van der Waals surface area contributed by atoms with E-state index in [1.807, 2.05) is 91.0 Å². The summed E-state index contributed by atoms with van der Waals surface area (Å²) in [5.41, 5.74) is 3.84. The molecule has 5 heteroatoms. The van der Waals surface area contributed by atoms with Crippen molar-refractivity contribution < 1.29 is 14.2 Å². The van der Waals surface area contributed by atoms with Gasteiger partial charge in [-0.1, -0.05) is 97.1 Å². The van der Waals surface area contributed by atoms with E-state index in [4.69, 9.17) is 14.2 Å². The molecule has 0 bridgehead atoms. The van der Waals surface area contributed by atoms with E-state index in [1.54, 1.807) is 6.08 Å². The number of aromatic nitrogens is 2. The van der Waals surface area contributed by atoms with Gasteiger partial charge in [-0.2, -0.15) is 9.97 Å². The first-order chi connectivity index (χ1) is 16.3. The molecular weight excluding hydrogens is 412 g/mol. The molecule has 0 radical (unpaired) electrons. The van der Waals surface area contributed by atoms with E-state index >= 15 is 0 Å². The van der Waals surface area contributed by atoms with Crippen LogP contribution in [0.1, 0.15) is 22.3 Å². The molecule has 0 unspecified atom stereocenters. The largest absolute Gasteiger partial charge is 0.472 e. The Labute approximate surface area is 194 Å². The van der Waals surface area contributed by atoms with Gasteiger partial charge in [0.15, 0.2) is 0 Å². The zero-order valence-electron chi connectivity index (χ0n) is 18.4. The molecule has 0 saturated carbocycles. The van der Waals surface area contributed by atoms with Crippen LogP contribution in [0.15, 0.2) is 104 Å². The van der Waals surface area contributed by atoms with Crippen molar-refractivity contribution in [2.24, 2.45) is 0 Å². The van der Waals surface area contributed by atoms with Crippen LogP contribution >= 0.6 is 0 Å². The minimum Gasteiger partial charge on any atom is -0.472 e. The summed E-state index contributed by atoms with van der Waals surface area (Å²) in [7, 11) is 0. The lowest BCUT2D eigenvalue weighted by Gasteiger charge is -2.16. The van der Waals surface area contributed by atoms with E-state index in [9.17, 15) is 0 Å². The molecule has 1 aromatic heterocycles. The molecule has 1 heterocycles. The Kier molecular flexibility index (Phi) is 7.69. The van der Waals surface area contributed by atoms with Crippen LogP contribution in [-0.4, -0.2) is 9.97 Å². The summed E-state index contributed by atoms with van der Waals surface area (Å²) in [6.07, 6.45) is 2.29. The molecule has 0 aliphatic rings. The molecule has 0 N–H and O–H groups in total. The third kappa shape index (κ3) is 6.43. The maximum Gasteiger partial charge on any atom is 0.323 e. The molecule has 0 atom stereocenters. The molecular formula is C28H26N2O3. The third-order valence-electron chi connectivity index (χ3n) is 4.91. The second-order valence-electron chi connectivity index (χ2n) is 7.41. The van der Waals surface area contributed by atoms with Crippen LogP contribution in [0.5, 0.6) is 17.8 Å². The summed E-state index contributed by atoms with van der Waals surface area (Å²) in [5.74, 6) is 0.861. The molecule has 0 aliphatic heterocycles. The van der Waals surface area contributed by atoms with E-state index < -0.39 is 0 Å². The van der Waals surface area contributed by atoms with Crippen LogP contribution in [0.4, 0.5) is 0 Å².